The monoisotopic (exact) mass is 263 g/mol. The van der Waals surface area contributed by atoms with Crippen LogP contribution < -0.4 is 0 Å². The van der Waals surface area contributed by atoms with E-state index in [-0.39, 0.29) is 11.6 Å². The zero-order valence-corrected chi connectivity index (χ0v) is 11.5. The highest BCUT2D eigenvalue weighted by Crippen LogP contribution is 2.35. The second kappa shape index (κ2) is 5.82. The lowest BCUT2D eigenvalue weighted by atomic mass is 10.1. The molecule has 104 valence electrons. The largest absolute Gasteiger partial charge is 0.503 e. The van der Waals surface area contributed by atoms with Crippen LogP contribution in [0.1, 0.15) is 31.0 Å². The van der Waals surface area contributed by atoms with Gasteiger partial charge in [0.2, 0.25) is 5.88 Å². The summed E-state index contributed by atoms with van der Waals surface area (Å²) >= 11 is 0. The van der Waals surface area contributed by atoms with Gasteiger partial charge in [-0.15, -0.1) is 0 Å². The molecule has 0 aromatic carbocycles. The van der Waals surface area contributed by atoms with Gasteiger partial charge in [0.05, 0.1) is 6.33 Å². The highest BCUT2D eigenvalue weighted by molar-refractivity contribution is 5.46. The molecule has 0 saturated heterocycles. The van der Waals surface area contributed by atoms with Gasteiger partial charge >= 0.3 is 0 Å². The molecule has 2 aromatic heterocycles. The molecule has 5 nitrogen and oxygen atoms in total. The van der Waals surface area contributed by atoms with E-state index in [2.05, 4.69) is 11.9 Å². The van der Waals surface area contributed by atoms with Gasteiger partial charge in [0.25, 0.3) is 0 Å². The van der Waals surface area contributed by atoms with Crippen molar-refractivity contribution in [1.82, 2.24) is 14.1 Å². The quantitative estimate of drug-likeness (QED) is 0.841. The van der Waals surface area contributed by atoms with E-state index in [0.717, 1.165) is 37.1 Å². The van der Waals surface area contributed by atoms with E-state index in [9.17, 15) is 10.2 Å². The number of nitrogens with zero attached hydrogens (tertiary/aromatic N) is 3. The van der Waals surface area contributed by atoms with E-state index in [1.807, 2.05) is 22.3 Å². The molecule has 0 amide bonds. The third kappa shape index (κ3) is 2.75. The lowest BCUT2D eigenvalue weighted by Crippen LogP contribution is -2.06. The van der Waals surface area contributed by atoms with Gasteiger partial charge in [-0.2, -0.15) is 0 Å². The highest BCUT2D eigenvalue weighted by atomic mass is 16.3. The van der Waals surface area contributed by atoms with E-state index in [1.54, 1.807) is 12.5 Å². The van der Waals surface area contributed by atoms with E-state index in [0.29, 0.717) is 6.54 Å². The lowest BCUT2D eigenvalue weighted by molar-refractivity contribution is 0.364. The summed E-state index contributed by atoms with van der Waals surface area (Å²) in [5.74, 6) is 0.0117. The zero-order valence-electron chi connectivity index (χ0n) is 11.5. The molecule has 0 bridgehead atoms. The molecule has 2 aromatic rings. The van der Waals surface area contributed by atoms with Gasteiger partial charge in [-0.3, -0.25) is 0 Å². The number of hydrogen-bond acceptors (Lipinski definition) is 3. The van der Waals surface area contributed by atoms with Gasteiger partial charge in [-0.25, -0.2) is 4.98 Å². The van der Waals surface area contributed by atoms with Crippen molar-refractivity contribution in [2.45, 2.75) is 46.2 Å². The Morgan fingerprint density at radius 1 is 1.26 bits per heavy atom. The molecule has 0 fully saturated rings. The summed E-state index contributed by atoms with van der Waals surface area (Å²) in [7, 11) is 0. The van der Waals surface area contributed by atoms with Crippen LogP contribution in [0.2, 0.25) is 0 Å². The van der Waals surface area contributed by atoms with Crippen molar-refractivity contribution >= 4 is 0 Å². The summed E-state index contributed by atoms with van der Waals surface area (Å²) in [5.41, 5.74) is 1.82. The van der Waals surface area contributed by atoms with E-state index in [4.69, 9.17) is 0 Å². The summed E-state index contributed by atoms with van der Waals surface area (Å²) in [6.07, 6.45) is 8.20. The third-order valence-corrected chi connectivity index (χ3v) is 3.43. The average molecular weight is 263 g/mol. The fourth-order valence-corrected chi connectivity index (χ4v) is 2.39. The highest BCUT2D eigenvalue weighted by Gasteiger charge is 2.17. The minimum atomic E-state index is -0.00780. The molecule has 0 spiro atoms. The second-order valence-corrected chi connectivity index (χ2v) is 4.80. The zero-order chi connectivity index (χ0) is 13.8. The molecule has 0 aliphatic heterocycles. The number of hydrogen-bond donors (Lipinski definition) is 2. The van der Waals surface area contributed by atoms with Crippen LogP contribution in [-0.4, -0.2) is 24.3 Å². The van der Waals surface area contributed by atoms with Crippen LogP contribution in [0.5, 0.6) is 11.6 Å². The van der Waals surface area contributed by atoms with Crippen LogP contribution in [-0.2, 0) is 19.5 Å². The Morgan fingerprint density at radius 3 is 2.68 bits per heavy atom. The minimum absolute atomic E-state index is 0.00780. The molecule has 0 atom stereocenters. The predicted molar refractivity (Wildman–Crippen MR) is 73.3 cm³/mol. The van der Waals surface area contributed by atoms with Gasteiger partial charge in [-0.1, -0.05) is 13.3 Å². The Morgan fingerprint density at radius 2 is 2.05 bits per heavy atom. The van der Waals surface area contributed by atoms with Crippen LogP contribution in [0, 0.1) is 6.92 Å². The lowest BCUT2D eigenvalue weighted by Gasteiger charge is -2.10. The maximum absolute atomic E-state index is 9.98. The van der Waals surface area contributed by atoms with Gasteiger partial charge in [0.15, 0.2) is 5.75 Å². The number of aryl methyl sites for hydroxylation is 1. The SMILES string of the molecule is CCCc1c(C)c(O)c(O)n1CCCn1ccnc1. The Balaban J connectivity index is 2.08. The molecule has 0 saturated carbocycles. The summed E-state index contributed by atoms with van der Waals surface area (Å²) in [6, 6.07) is 0. The van der Waals surface area contributed by atoms with Crippen molar-refractivity contribution < 1.29 is 10.2 Å². The minimum Gasteiger partial charge on any atom is -0.503 e. The Bertz CT molecular complexity index is 529. The maximum atomic E-state index is 9.98. The van der Waals surface area contributed by atoms with Gasteiger partial charge in [0.1, 0.15) is 0 Å². The molecule has 2 heterocycles. The summed E-state index contributed by atoms with van der Waals surface area (Å²) in [5, 5.41) is 19.8. The molecular weight excluding hydrogens is 242 g/mol. The molecular formula is C14H21N3O2. The van der Waals surface area contributed by atoms with Crippen LogP contribution >= 0.6 is 0 Å². The first-order chi connectivity index (χ1) is 9.15. The topological polar surface area (TPSA) is 63.2 Å². The fourth-order valence-electron chi connectivity index (χ4n) is 2.39. The maximum Gasteiger partial charge on any atom is 0.235 e. The van der Waals surface area contributed by atoms with Crippen LogP contribution in [0.3, 0.4) is 0 Å². The Hall–Kier alpha value is -1.91. The smallest absolute Gasteiger partial charge is 0.235 e. The number of imidazole rings is 1. The summed E-state index contributed by atoms with van der Waals surface area (Å²) in [4.78, 5) is 4.00. The molecule has 0 radical (unpaired) electrons. The van der Waals surface area contributed by atoms with Crippen molar-refractivity contribution in [3.63, 3.8) is 0 Å². The predicted octanol–water partition coefficient (Wildman–Crippen LogP) is 2.45. The molecule has 0 aliphatic carbocycles. The van der Waals surface area contributed by atoms with Crippen molar-refractivity contribution in [1.29, 1.82) is 0 Å². The summed E-state index contributed by atoms with van der Waals surface area (Å²) < 4.78 is 3.83. The Kier molecular flexibility index (Phi) is 4.14. The van der Waals surface area contributed by atoms with Crippen molar-refractivity contribution in [2.24, 2.45) is 0 Å². The van der Waals surface area contributed by atoms with Crippen LogP contribution in [0.15, 0.2) is 18.7 Å². The first kappa shape index (κ1) is 13.5. The number of aromatic nitrogens is 3. The molecule has 2 rings (SSSR count). The standard InChI is InChI=1S/C14H21N3O2/c1-3-5-12-11(2)13(18)14(19)17(12)8-4-7-16-9-6-15-10-16/h6,9-10,18-19H,3-5,7-8H2,1-2H3. The van der Waals surface area contributed by atoms with Crippen LogP contribution in [0.4, 0.5) is 0 Å². The number of rotatable bonds is 6. The van der Waals surface area contributed by atoms with Crippen LogP contribution in [0.25, 0.3) is 0 Å². The average Bonchev–Trinajstić information content (AvgIpc) is 2.98. The van der Waals surface area contributed by atoms with Gasteiger partial charge < -0.3 is 19.3 Å². The molecule has 0 unspecified atom stereocenters. The third-order valence-electron chi connectivity index (χ3n) is 3.43. The first-order valence-electron chi connectivity index (χ1n) is 6.70. The first-order valence-corrected chi connectivity index (χ1v) is 6.70. The normalized spacial score (nSPS) is 11.1. The van der Waals surface area contributed by atoms with E-state index < -0.39 is 0 Å². The molecule has 19 heavy (non-hydrogen) atoms. The Labute approximate surface area is 113 Å². The molecule has 5 heteroatoms. The second-order valence-electron chi connectivity index (χ2n) is 4.80. The molecule has 0 aliphatic rings. The van der Waals surface area contributed by atoms with Gasteiger partial charge in [-0.05, 0) is 19.8 Å². The number of aromatic hydroxyl groups is 2. The van der Waals surface area contributed by atoms with Crippen molar-refractivity contribution in [3.8, 4) is 11.6 Å². The van der Waals surface area contributed by atoms with E-state index in [1.165, 1.54) is 0 Å². The fraction of sp³-hybridized carbons (Fsp3) is 0.500. The molecule has 2 N–H and O–H groups in total. The van der Waals surface area contributed by atoms with Gasteiger partial charge in [0, 0.05) is 36.7 Å². The van der Waals surface area contributed by atoms with Crippen molar-refractivity contribution in [2.75, 3.05) is 0 Å². The van der Waals surface area contributed by atoms with E-state index >= 15 is 0 Å². The summed E-state index contributed by atoms with van der Waals surface area (Å²) in [6.45, 7) is 5.49. The van der Waals surface area contributed by atoms with Crippen molar-refractivity contribution in [3.05, 3.63) is 30.0 Å².